The molecule has 0 radical (unpaired) electrons. The average Bonchev–Trinajstić information content (AvgIpc) is 2.97. The quantitative estimate of drug-likeness (QED) is 0.756. The summed E-state index contributed by atoms with van der Waals surface area (Å²) in [7, 11) is 2.79. The predicted octanol–water partition coefficient (Wildman–Crippen LogP) is 1.02. The van der Waals surface area contributed by atoms with Crippen LogP contribution in [0.2, 0.25) is 0 Å². The van der Waals surface area contributed by atoms with Crippen molar-refractivity contribution in [3.8, 4) is 5.88 Å². The van der Waals surface area contributed by atoms with Gasteiger partial charge in [-0.3, -0.25) is 4.68 Å². The average molecular weight is 250 g/mol. The minimum Gasteiger partial charge on any atom is -0.464 e. The number of ether oxygens (including phenoxy) is 2. The van der Waals surface area contributed by atoms with Crippen molar-refractivity contribution in [3.05, 3.63) is 35.9 Å². The Morgan fingerprint density at radius 2 is 2.17 bits per heavy atom. The first-order valence-corrected chi connectivity index (χ1v) is 5.00. The fourth-order valence-corrected chi connectivity index (χ4v) is 1.33. The third kappa shape index (κ3) is 2.24. The van der Waals surface area contributed by atoms with Gasteiger partial charge < -0.3 is 13.9 Å². The lowest BCUT2D eigenvalue weighted by Gasteiger charge is -1.96. The highest BCUT2D eigenvalue weighted by atomic mass is 16.6. The Balaban J connectivity index is 2.16. The Kier molecular flexibility index (Phi) is 3.13. The van der Waals surface area contributed by atoms with E-state index in [1.807, 2.05) is 0 Å². The van der Waals surface area contributed by atoms with Gasteiger partial charge >= 0.3 is 11.9 Å². The Bertz CT molecular complexity index is 570. The van der Waals surface area contributed by atoms with Gasteiger partial charge in [0.15, 0.2) is 0 Å². The zero-order valence-corrected chi connectivity index (χ0v) is 9.75. The van der Waals surface area contributed by atoms with E-state index in [0.717, 1.165) is 0 Å². The van der Waals surface area contributed by atoms with Gasteiger partial charge in [0.05, 0.1) is 13.4 Å². The van der Waals surface area contributed by atoms with Crippen LogP contribution in [0.4, 0.5) is 0 Å². The second-order valence-corrected chi connectivity index (χ2v) is 3.35. The summed E-state index contributed by atoms with van der Waals surface area (Å²) in [5.41, 5.74) is 0.180. The smallest absolute Gasteiger partial charge is 0.380 e. The summed E-state index contributed by atoms with van der Waals surface area (Å²) in [5.74, 6) is -1.20. The van der Waals surface area contributed by atoms with E-state index in [9.17, 15) is 9.59 Å². The van der Waals surface area contributed by atoms with Crippen molar-refractivity contribution in [2.24, 2.45) is 7.05 Å². The van der Waals surface area contributed by atoms with Gasteiger partial charge in [-0.1, -0.05) is 0 Å². The number of nitrogens with zero attached hydrogens (tertiary/aromatic N) is 2. The highest BCUT2D eigenvalue weighted by Crippen LogP contribution is 2.14. The van der Waals surface area contributed by atoms with Crippen LogP contribution in [0.1, 0.15) is 21.0 Å². The predicted molar refractivity (Wildman–Crippen MR) is 58.2 cm³/mol. The van der Waals surface area contributed by atoms with Crippen LogP contribution >= 0.6 is 0 Å². The van der Waals surface area contributed by atoms with Crippen LogP contribution in [0.15, 0.2) is 28.9 Å². The van der Waals surface area contributed by atoms with Crippen LogP contribution in [-0.4, -0.2) is 28.8 Å². The first-order chi connectivity index (χ1) is 8.61. The molecule has 0 amide bonds. The summed E-state index contributed by atoms with van der Waals surface area (Å²) in [6.07, 6.45) is 1.36. The molecule has 0 saturated heterocycles. The number of hydrogen-bond donors (Lipinski definition) is 0. The zero-order valence-electron chi connectivity index (χ0n) is 9.75. The molecule has 2 rings (SSSR count). The first-order valence-electron chi connectivity index (χ1n) is 5.00. The maximum Gasteiger partial charge on any atom is 0.380 e. The highest BCUT2D eigenvalue weighted by molar-refractivity contribution is 5.89. The van der Waals surface area contributed by atoms with Crippen molar-refractivity contribution in [3.63, 3.8) is 0 Å². The minimum absolute atomic E-state index is 0.000648. The van der Waals surface area contributed by atoms with Crippen LogP contribution in [0, 0.1) is 0 Å². The number of aromatic nitrogens is 2. The fourth-order valence-electron chi connectivity index (χ4n) is 1.33. The van der Waals surface area contributed by atoms with Gasteiger partial charge in [-0.15, -0.1) is 5.10 Å². The van der Waals surface area contributed by atoms with Crippen LogP contribution in [0.25, 0.3) is 0 Å². The third-order valence-corrected chi connectivity index (χ3v) is 2.17. The van der Waals surface area contributed by atoms with Crippen molar-refractivity contribution in [1.29, 1.82) is 0 Å². The lowest BCUT2D eigenvalue weighted by Crippen LogP contribution is -2.08. The molecule has 7 heteroatoms. The van der Waals surface area contributed by atoms with Crippen LogP contribution in [-0.2, 0) is 11.8 Å². The second kappa shape index (κ2) is 4.74. The van der Waals surface area contributed by atoms with Crippen molar-refractivity contribution >= 4 is 11.9 Å². The standard InChI is InChI=1S/C11H10N2O5/c1-13-7(10(14)16-2)6-9(12-13)18-11(15)8-4-3-5-17-8/h3-6H,1-2H3. The molecule has 0 aliphatic heterocycles. The zero-order chi connectivity index (χ0) is 13.1. The molecule has 94 valence electrons. The van der Waals surface area contributed by atoms with Crippen LogP contribution in [0.3, 0.4) is 0 Å². The van der Waals surface area contributed by atoms with Gasteiger partial charge in [0, 0.05) is 13.1 Å². The normalized spacial score (nSPS) is 10.1. The molecule has 7 nitrogen and oxygen atoms in total. The first kappa shape index (κ1) is 11.9. The van der Waals surface area contributed by atoms with Crippen molar-refractivity contribution < 1.29 is 23.5 Å². The van der Waals surface area contributed by atoms with E-state index in [-0.39, 0.29) is 17.3 Å². The van der Waals surface area contributed by atoms with Crippen molar-refractivity contribution in [2.75, 3.05) is 7.11 Å². The van der Waals surface area contributed by atoms with E-state index in [0.29, 0.717) is 0 Å². The van der Waals surface area contributed by atoms with Gasteiger partial charge in [0.2, 0.25) is 11.6 Å². The minimum atomic E-state index is -0.686. The maximum absolute atomic E-state index is 11.6. The van der Waals surface area contributed by atoms with Crippen molar-refractivity contribution in [2.45, 2.75) is 0 Å². The number of aryl methyl sites for hydroxylation is 1. The van der Waals surface area contributed by atoms with E-state index < -0.39 is 11.9 Å². The number of methoxy groups -OCH3 is 1. The fraction of sp³-hybridized carbons (Fsp3) is 0.182. The molecule has 2 heterocycles. The van der Waals surface area contributed by atoms with E-state index in [2.05, 4.69) is 9.84 Å². The summed E-state index contributed by atoms with van der Waals surface area (Å²) < 4.78 is 15.6. The van der Waals surface area contributed by atoms with Gasteiger partial charge in [-0.25, -0.2) is 9.59 Å². The topological polar surface area (TPSA) is 83.6 Å². The summed E-state index contributed by atoms with van der Waals surface area (Å²) >= 11 is 0. The lowest BCUT2D eigenvalue weighted by atomic mass is 10.4. The van der Waals surface area contributed by atoms with E-state index in [1.165, 1.54) is 37.2 Å². The lowest BCUT2D eigenvalue weighted by molar-refractivity contribution is 0.0587. The van der Waals surface area contributed by atoms with Crippen LogP contribution < -0.4 is 4.74 Å². The Labute approximate surface area is 102 Å². The molecule has 0 atom stereocenters. The summed E-state index contributed by atoms with van der Waals surface area (Å²) in [4.78, 5) is 22.9. The van der Waals surface area contributed by atoms with E-state index in [4.69, 9.17) is 9.15 Å². The van der Waals surface area contributed by atoms with E-state index in [1.54, 1.807) is 6.07 Å². The summed E-state index contributed by atoms with van der Waals surface area (Å²) in [5, 5.41) is 3.86. The second-order valence-electron chi connectivity index (χ2n) is 3.35. The Morgan fingerprint density at radius 3 is 2.78 bits per heavy atom. The summed E-state index contributed by atoms with van der Waals surface area (Å²) in [6.45, 7) is 0. The van der Waals surface area contributed by atoms with Gasteiger partial charge in [0.1, 0.15) is 5.69 Å². The molecule has 0 bridgehead atoms. The van der Waals surface area contributed by atoms with Crippen LogP contribution in [0.5, 0.6) is 5.88 Å². The third-order valence-electron chi connectivity index (χ3n) is 2.17. The number of esters is 2. The number of furan rings is 1. The molecule has 2 aromatic rings. The molecule has 2 aromatic heterocycles. The molecule has 0 aliphatic carbocycles. The molecule has 0 unspecified atom stereocenters. The van der Waals surface area contributed by atoms with Crippen molar-refractivity contribution in [1.82, 2.24) is 9.78 Å². The van der Waals surface area contributed by atoms with Gasteiger partial charge in [-0.2, -0.15) is 0 Å². The molecular weight excluding hydrogens is 240 g/mol. The van der Waals surface area contributed by atoms with Gasteiger partial charge in [-0.05, 0) is 12.1 Å². The number of carbonyl (C=O) groups excluding carboxylic acids is 2. The molecule has 0 aromatic carbocycles. The van der Waals surface area contributed by atoms with Gasteiger partial charge in [0.25, 0.3) is 0 Å². The molecule has 0 spiro atoms. The molecule has 18 heavy (non-hydrogen) atoms. The Morgan fingerprint density at radius 1 is 1.39 bits per heavy atom. The number of rotatable bonds is 3. The molecular formula is C11H10N2O5. The summed E-state index contributed by atoms with van der Waals surface area (Å²) in [6, 6.07) is 4.34. The largest absolute Gasteiger partial charge is 0.464 e. The van der Waals surface area contributed by atoms with E-state index >= 15 is 0 Å². The Hall–Kier alpha value is -2.57. The highest BCUT2D eigenvalue weighted by Gasteiger charge is 2.18. The number of carbonyl (C=O) groups is 2. The monoisotopic (exact) mass is 250 g/mol. The SMILES string of the molecule is COC(=O)c1cc(OC(=O)c2ccco2)nn1C. The molecule has 0 saturated carbocycles. The maximum atomic E-state index is 11.6. The molecule has 0 aliphatic rings. The molecule has 0 N–H and O–H groups in total. The number of hydrogen-bond acceptors (Lipinski definition) is 6. The molecule has 0 fully saturated rings.